The first-order valence-corrected chi connectivity index (χ1v) is 5.28. The Bertz CT molecular complexity index is 477. The van der Waals surface area contributed by atoms with Crippen LogP contribution in [0.3, 0.4) is 0 Å². The number of rotatable bonds is 4. The van der Waals surface area contributed by atoms with Gasteiger partial charge < -0.3 is 4.74 Å². The minimum absolute atomic E-state index is 0.106. The van der Waals surface area contributed by atoms with Gasteiger partial charge in [-0.2, -0.15) is 0 Å². The van der Waals surface area contributed by atoms with E-state index in [4.69, 9.17) is 22.8 Å². The lowest BCUT2D eigenvalue weighted by atomic mass is 10.1. The molecule has 1 rings (SSSR count). The number of benzene rings is 1. The number of ether oxygens (including phenoxy) is 1. The summed E-state index contributed by atoms with van der Waals surface area (Å²) in [6.45, 7) is 3.70. The number of hydrogen-bond donors (Lipinski definition) is 0. The number of nitro benzene ring substituents is 1. The molecule has 0 amide bonds. The summed E-state index contributed by atoms with van der Waals surface area (Å²) >= 11 is 5.69. The molecule has 0 bridgehead atoms. The normalized spacial score (nSPS) is 10.9. The lowest BCUT2D eigenvalue weighted by molar-refractivity contribution is -0.384. The van der Waals surface area contributed by atoms with Crippen molar-refractivity contribution in [3.63, 3.8) is 0 Å². The van der Waals surface area contributed by atoms with Gasteiger partial charge in [0.25, 0.3) is 5.69 Å². The largest absolute Gasteiger partial charge is 0.358 e. The Morgan fingerprint density at radius 1 is 1.59 bits per heavy atom. The van der Waals surface area contributed by atoms with Crippen LogP contribution in [0.25, 0.3) is 0 Å². The molecule has 17 heavy (non-hydrogen) atoms. The highest BCUT2D eigenvalue weighted by Gasteiger charge is 2.16. The van der Waals surface area contributed by atoms with Crippen molar-refractivity contribution < 1.29 is 9.66 Å². The molecular formula is C12H12ClNO3. The standard InChI is InChI=1S/C12H12ClNO3/c1-4-12(2,3)17-8-9-5-6-10(13)11(7-9)14(15)16/h1,5-7H,8H2,2-3H3. The quantitative estimate of drug-likeness (QED) is 0.470. The smallest absolute Gasteiger partial charge is 0.288 e. The van der Waals surface area contributed by atoms with Gasteiger partial charge in [0.1, 0.15) is 10.6 Å². The molecule has 0 heterocycles. The molecule has 5 heteroatoms. The minimum Gasteiger partial charge on any atom is -0.358 e. The summed E-state index contributed by atoms with van der Waals surface area (Å²) in [7, 11) is 0. The monoisotopic (exact) mass is 253 g/mol. The van der Waals surface area contributed by atoms with Gasteiger partial charge in [-0.3, -0.25) is 10.1 Å². The van der Waals surface area contributed by atoms with E-state index in [1.54, 1.807) is 19.9 Å². The maximum atomic E-state index is 10.7. The molecule has 0 atom stereocenters. The van der Waals surface area contributed by atoms with Crippen molar-refractivity contribution in [3.8, 4) is 12.3 Å². The van der Waals surface area contributed by atoms with E-state index in [0.717, 1.165) is 0 Å². The van der Waals surface area contributed by atoms with Crippen molar-refractivity contribution in [2.24, 2.45) is 0 Å². The number of nitro groups is 1. The molecule has 0 unspecified atom stereocenters. The Kier molecular flexibility index (Phi) is 4.11. The van der Waals surface area contributed by atoms with Crippen LogP contribution in [0.1, 0.15) is 19.4 Å². The first kappa shape index (κ1) is 13.5. The van der Waals surface area contributed by atoms with Gasteiger partial charge in [-0.25, -0.2) is 0 Å². The van der Waals surface area contributed by atoms with Crippen molar-refractivity contribution in [1.29, 1.82) is 0 Å². The number of halogens is 1. The molecule has 0 N–H and O–H groups in total. The Morgan fingerprint density at radius 2 is 2.24 bits per heavy atom. The van der Waals surface area contributed by atoms with Crippen LogP contribution in [0.4, 0.5) is 5.69 Å². The summed E-state index contributed by atoms with van der Waals surface area (Å²) in [5.74, 6) is 2.48. The van der Waals surface area contributed by atoms with Crippen molar-refractivity contribution in [2.45, 2.75) is 26.1 Å². The lowest BCUT2D eigenvalue weighted by Gasteiger charge is -2.18. The van der Waals surface area contributed by atoms with Crippen LogP contribution in [0.2, 0.25) is 5.02 Å². The summed E-state index contributed by atoms with van der Waals surface area (Å²) in [6.07, 6.45) is 5.27. The third-order valence-corrected chi connectivity index (χ3v) is 2.47. The molecule has 0 aliphatic carbocycles. The molecule has 0 spiro atoms. The molecule has 0 saturated carbocycles. The fourth-order valence-corrected chi connectivity index (χ4v) is 1.28. The van der Waals surface area contributed by atoms with Gasteiger partial charge in [0, 0.05) is 6.07 Å². The molecule has 0 aromatic heterocycles. The highest BCUT2D eigenvalue weighted by atomic mass is 35.5. The SMILES string of the molecule is C#CC(C)(C)OCc1ccc(Cl)c([N+](=O)[O-])c1. The average Bonchev–Trinajstić information content (AvgIpc) is 2.27. The van der Waals surface area contributed by atoms with Gasteiger partial charge in [0.2, 0.25) is 0 Å². The van der Waals surface area contributed by atoms with E-state index in [2.05, 4.69) is 5.92 Å². The summed E-state index contributed by atoms with van der Waals surface area (Å²) in [5, 5.41) is 10.8. The van der Waals surface area contributed by atoms with Crippen LogP contribution in [0, 0.1) is 22.5 Å². The fourth-order valence-electron chi connectivity index (χ4n) is 1.09. The van der Waals surface area contributed by atoms with Gasteiger partial charge >= 0.3 is 0 Å². The van der Waals surface area contributed by atoms with Crippen LogP contribution < -0.4 is 0 Å². The van der Waals surface area contributed by atoms with Crippen LogP contribution in [-0.2, 0) is 11.3 Å². The average molecular weight is 254 g/mol. The third kappa shape index (κ3) is 3.74. The molecule has 0 aliphatic heterocycles. The van der Waals surface area contributed by atoms with E-state index < -0.39 is 10.5 Å². The van der Waals surface area contributed by atoms with Crippen LogP contribution in [-0.4, -0.2) is 10.5 Å². The first-order chi connectivity index (χ1) is 7.85. The highest BCUT2D eigenvalue weighted by Crippen LogP contribution is 2.25. The zero-order valence-electron chi connectivity index (χ0n) is 9.57. The molecule has 0 aliphatic rings. The number of terminal acetylenes is 1. The Hall–Kier alpha value is -1.57. The minimum atomic E-state index is -0.700. The maximum absolute atomic E-state index is 10.7. The third-order valence-electron chi connectivity index (χ3n) is 2.15. The molecule has 90 valence electrons. The van der Waals surface area contributed by atoms with E-state index in [1.807, 2.05) is 0 Å². The second kappa shape index (κ2) is 5.17. The molecule has 1 aromatic rings. The first-order valence-electron chi connectivity index (χ1n) is 4.90. The van der Waals surface area contributed by atoms with Gasteiger partial charge in [-0.05, 0) is 25.5 Å². The van der Waals surface area contributed by atoms with Gasteiger partial charge in [-0.15, -0.1) is 6.42 Å². The zero-order chi connectivity index (χ0) is 13.1. The number of hydrogen-bond acceptors (Lipinski definition) is 3. The highest BCUT2D eigenvalue weighted by molar-refractivity contribution is 6.32. The summed E-state index contributed by atoms with van der Waals surface area (Å²) in [4.78, 5) is 10.1. The van der Waals surface area contributed by atoms with E-state index in [0.29, 0.717) is 5.56 Å². The van der Waals surface area contributed by atoms with Crippen molar-refractivity contribution in [3.05, 3.63) is 38.9 Å². The zero-order valence-corrected chi connectivity index (χ0v) is 10.3. The van der Waals surface area contributed by atoms with Crippen LogP contribution in [0.5, 0.6) is 0 Å². The van der Waals surface area contributed by atoms with Crippen molar-refractivity contribution in [1.82, 2.24) is 0 Å². The molecule has 4 nitrogen and oxygen atoms in total. The van der Waals surface area contributed by atoms with E-state index in [-0.39, 0.29) is 17.3 Å². The fraction of sp³-hybridized carbons (Fsp3) is 0.333. The predicted octanol–water partition coefficient (Wildman–Crippen LogP) is 3.18. The van der Waals surface area contributed by atoms with Gasteiger partial charge in [0.15, 0.2) is 0 Å². The second-order valence-corrected chi connectivity index (χ2v) is 4.39. The topological polar surface area (TPSA) is 52.4 Å². The van der Waals surface area contributed by atoms with E-state index >= 15 is 0 Å². The molecule has 0 saturated heterocycles. The summed E-state index contributed by atoms with van der Waals surface area (Å²) in [5.41, 5.74) is -0.176. The van der Waals surface area contributed by atoms with Crippen LogP contribution >= 0.6 is 11.6 Å². The lowest BCUT2D eigenvalue weighted by Crippen LogP contribution is -2.21. The van der Waals surface area contributed by atoms with Gasteiger partial charge in [-0.1, -0.05) is 23.6 Å². The number of nitrogens with zero attached hydrogens (tertiary/aromatic N) is 1. The predicted molar refractivity (Wildman–Crippen MR) is 65.8 cm³/mol. The molecule has 0 radical (unpaired) electrons. The molecular weight excluding hydrogens is 242 g/mol. The Balaban J connectivity index is 2.84. The van der Waals surface area contributed by atoms with Gasteiger partial charge in [0.05, 0.1) is 11.5 Å². The second-order valence-electron chi connectivity index (χ2n) is 3.99. The Morgan fingerprint density at radius 3 is 2.76 bits per heavy atom. The molecule has 1 aromatic carbocycles. The maximum Gasteiger partial charge on any atom is 0.288 e. The van der Waals surface area contributed by atoms with E-state index in [1.165, 1.54) is 12.1 Å². The van der Waals surface area contributed by atoms with Crippen molar-refractivity contribution >= 4 is 17.3 Å². The van der Waals surface area contributed by atoms with Crippen molar-refractivity contribution in [2.75, 3.05) is 0 Å². The summed E-state index contributed by atoms with van der Waals surface area (Å²) in [6, 6.07) is 4.53. The Labute approximate surface area is 105 Å². The van der Waals surface area contributed by atoms with E-state index in [9.17, 15) is 10.1 Å². The van der Waals surface area contributed by atoms with Crippen LogP contribution in [0.15, 0.2) is 18.2 Å². The molecule has 0 fully saturated rings. The summed E-state index contributed by atoms with van der Waals surface area (Å²) < 4.78 is 5.44.